The third kappa shape index (κ3) is 1.84. The summed E-state index contributed by atoms with van der Waals surface area (Å²) in [4.78, 5) is 23.5. The second-order valence-electron chi connectivity index (χ2n) is 3.56. The summed E-state index contributed by atoms with van der Waals surface area (Å²) in [5.41, 5.74) is 0.0492. The predicted molar refractivity (Wildman–Crippen MR) is 73.9 cm³/mol. The number of hydrogen-bond acceptors (Lipinski definition) is 3. The Kier molecular flexibility index (Phi) is 3.19. The number of rotatable bonds is 2. The lowest BCUT2D eigenvalue weighted by Crippen LogP contribution is -2.24. The highest BCUT2D eigenvalue weighted by Crippen LogP contribution is 2.27. The predicted octanol–water partition coefficient (Wildman–Crippen LogP) is 2.30. The number of nitrogens with zero attached hydrogens (tertiary/aromatic N) is 1. The van der Waals surface area contributed by atoms with Gasteiger partial charge in [0, 0.05) is 34.5 Å². The number of halogens is 1. The van der Waals surface area contributed by atoms with Crippen LogP contribution in [0.1, 0.15) is 17.3 Å². The topological polar surface area (TPSA) is 59.3 Å². The summed E-state index contributed by atoms with van der Waals surface area (Å²) in [6.07, 6.45) is 0. The van der Waals surface area contributed by atoms with Gasteiger partial charge in [-0.1, -0.05) is 12.1 Å². The fourth-order valence-electron chi connectivity index (χ4n) is 1.88. The molecule has 1 aromatic carbocycles. The number of carbonyl (C=O) groups is 1. The molecule has 1 N–H and O–H groups in total. The van der Waals surface area contributed by atoms with Crippen LogP contribution < -0.4 is 5.56 Å². The number of fused-ring (bicyclic) bond motifs is 1. The van der Waals surface area contributed by atoms with Gasteiger partial charge in [0.05, 0.1) is 5.52 Å². The van der Waals surface area contributed by atoms with Crippen LogP contribution in [0.3, 0.4) is 0 Å². The first-order chi connectivity index (χ1) is 8.07. The van der Waals surface area contributed by atoms with Gasteiger partial charge in [0.15, 0.2) is 0 Å². The minimum Gasteiger partial charge on any atom is -0.506 e. The molecule has 1 aromatic heterocycles. The molecule has 2 aromatic rings. The van der Waals surface area contributed by atoms with Crippen LogP contribution in [-0.4, -0.2) is 13.5 Å². The number of aromatic nitrogens is 1. The maximum Gasteiger partial charge on any atom is 0.266 e. The molecule has 0 spiro atoms. The molecule has 0 saturated heterocycles. The molecule has 0 bridgehead atoms. The third-order valence-electron chi connectivity index (χ3n) is 2.66. The number of para-hydroxylation sites is 1. The van der Waals surface area contributed by atoms with Crippen LogP contribution >= 0.6 is 22.6 Å². The van der Waals surface area contributed by atoms with Gasteiger partial charge in [-0.15, -0.1) is 0 Å². The Hall–Kier alpha value is -1.37. The zero-order valence-electron chi connectivity index (χ0n) is 9.11. The van der Waals surface area contributed by atoms with Crippen molar-refractivity contribution >= 4 is 37.3 Å². The monoisotopic (exact) mass is 343 g/mol. The minimum atomic E-state index is -0.446. The van der Waals surface area contributed by atoms with Crippen LogP contribution in [0.15, 0.2) is 29.1 Å². The van der Waals surface area contributed by atoms with E-state index >= 15 is 0 Å². The molecule has 0 aliphatic carbocycles. The van der Waals surface area contributed by atoms with Crippen molar-refractivity contribution < 1.29 is 9.90 Å². The van der Waals surface area contributed by atoms with Gasteiger partial charge in [0.1, 0.15) is 11.3 Å². The van der Waals surface area contributed by atoms with Crippen LogP contribution in [0.5, 0.6) is 5.75 Å². The Bertz CT molecular complexity index is 661. The summed E-state index contributed by atoms with van der Waals surface area (Å²) >= 11 is 1.51. The molecule has 0 saturated carbocycles. The van der Waals surface area contributed by atoms with E-state index in [2.05, 4.69) is 0 Å². The molecule has 0 radical (unpaired) electrons. The van der Waals surface area contributed by atoms with Crippen molar-refractivity contribution in [3.8, 4) is 5.75 Å². The molecule has 5 heteroatoms. The number of hydrogen-bond donors (Lipinski definition) is 1. The summed E-state index contributed by atoms with van der Waals surface area (Å²) in [7, 11) is 0. The molecule has 17 heavy (non-hydrogen) atoms. The average molecular weight is 343 g/mol. The van der Waals surface area contributed by atoms with Crippen molar-refractivity contribution in [3.05, 3.63) is 40.2 Å². The molecular weight excluding hydrogens is 333 g/mol. The second kappa shape index (κ2) is 4.48. The molecule has 88 valence electrons. The Morgan fingerprint density at radius 3 is 2.65 bits per heavy atom. The Morgan fingerprint density at radius 2 is 2.06 bits per heavy atom. The molecule has 0 aliphatic rings. The summed E-state index contributed by atoms with van der Waals surface area (Å²) in [6.45, 7) is 2.28. The molecule has 0 aliphatic heterocycles. The van der Waals surface area contributed by atoms with E-state index in [1.54, 1.807) is 24.3 Å². The number of benzene rings is 1. The summed E-state index contributed by atoms with van der Waals surface area (Å²) in [6, 6.07) is 6.99. The fraction of sp³-hybridized carbons (Fsp3) is 0.167. The van der Waals surface area contributed by atoms with Gasteiger partial charge in [-0.3, -0.25) is 9.59 Å². The summed E-state index contributed by atoms with van der Waals surface area (Å²) in [5.74, 6) is -0.227. The van der Waals surface area contributed by atoms with E-state index in [0.29, 0.717) is 17.4 Å². The molecule has 0 unspecified atom stereocenters. The van der Waals surface area contributed by atoms with Crippen molar-refractivity contribution in [2.45, 2.75) is 13.5 Å². The molecule has 0 fully saturated rings. The van der Waals surface area contributed by atoms with Crippen LogP contribution in [0, 0.1) is 0 Å². The van der Waals surface area contributed by atoms with Gasteiger partial charge in [0.25, 0.3) is 5.56 Å². The molecule has 1 heterocycles. The van der Waals surface area contributed by atoms with Gasteiger partial charge < -0.3 is 9.67 Å². The molecular formula is C12H10INO3. The lowest BCUT2D eigenvalue weighted by atomic mass is 10.1. The first kappa shape index (κ1) is 12.1. The average Bonchev–Trinajstić information content (AvgIpc) is 2.29. The lowest BCUT2D eigenvalue weighted by molar-refractivity contribution is 0.110. The number of pyridine rings is 1. The third-order valence-corrected chi connectivity index (χ3v) is 3.20. The van der Waals surface area contributed by atoms with Crippen LogP contribution in [-0.2, 0) is 6.54 Å². The van der Waals surface area contributed by atoms with E-state index in [0.717, 1.165) is 0 Å². The van der Waals surface area contributed by atoms with Gasteiger partial charge in [0.2, 0.25) is 3.79 Å². The van der Waals surface area contributed by atoms with Crippen molar-refractivity contribution in [2.75, 3.05) is 0 Å². The first-order valence-electron chi connectivity index (χ1n) is 5.12. The van der Waals surface area contributed by atoms with E-state index in [1.807, 2.05) is 6.92 Å². The van der Waals surface area contributed by atoms with E-state index < -0.39 is 9.35 Å². The highest BCUT2D eigenvalue weighted by Gasteiger charge is 2.19. The SMILES string of the molecule is CCn1c(=O)c(C(=O)I)c(O)c2ccccc21. The van der Waals surface area contributed by atoms with Crippen molar-refractivity contribution in [3.63, 3.8) is 0 Å². The van der Waals surface area contributed by atoms with E-state index in [4.69, 9.17) is 0 Å². The van der Waals surface area contributed by atoms with Crippen molar-refractivity contribution in [2.24, 2.45) is 0 Å². The zero-order valence-corrected chi connectivity index (χ0v) is 11.3. The lowest BCUT2D eigenvalue weighted by Gasteiger charge is -2.11. The molecule has 0 amide bonds. The molecule has 0 atom stereocenters. The van der Waals surface area contributed by atoms with Gasteiger partial charge in [-0.05, 0) is 19.1 Å². The van der Waals surface area contributed by atoms with E-state index in [9.17, 15) is 14.7 Å². The molecule has 4 nitrogen and oxygen atoms in total. The first-order valence-corrected chi connectivity index (χ1v) is 6.20. The minimum absolute atomic E-state index is 0.147. The van der Waals surface area contributed by atoms with Gasteiger partial charge in [-0.25, -0.2) is 0 Å². The normalized spacial score (nSPS) is 10.7. The van der Waals surface area contributed by atoms with Crippen LogP contribution in [0.2, 0.25) is 0 Å². The maximum absolute atomic E-state index is 12.1. The van der Waals surface area contributed by atoms with E-state index in [1.165, 1.54) is 27.2 Å². The Labute approximate surface area is 111 Å². The van der Waals surface area contributed by atoms with Crippen LogP contribution in [0.25, 0.3) is 10.9 Å². The Balaban J connectivity index is 3.05. The second-order valence-corrected chi connectivity index (χ2v) is 4.54. The smallest absolute Gasteiger partial charge is 0.266 e. The highest BCUT2D eigenvalue weighted by atomic mass is 127. The number of carbonyl (C=O) groups excluding carboxylic acids is 1. The van der Waals surface area contributed by atoms with E-state index in [-0.39, 0.29) is 11.3 Å². The fourth-order valence-corrected chi connectivity index (χ4v) is 2.37. The Morgan fingerprint density at radius 1 is 1.41 bits per heavy atom. The van der Waals surface area contributed by atoms with Crippen molar-refractivity contribution in [1.82, 2.24) is 4.57 Å². The molecule has 2 rings (SSSR count). The highest BCUT2D eigenvalue weighted by molar-refractivity contribution is 14.1. The summed E-state index contributed by atoms with van der Waals surface area (Å²) in [5, 5.41) is 10.5. The van der Waals surface area contributed by atoms with Crippen LogP contribution in [0.4, 0.5) is 0 Å². The van der Waals surface area contributed by atoms with Crippen molar-refractivity contribution in [1.29, 1.82) is 0 Å². The number of aromatic hydroxyl groups is 1. The van der Waals surface area contributed by atoms with Gasteiger partial charge >= 0.3 is 0 Å². The van der Waals surface area contributed by atoms with Gasteiger partial charge in [-0.2, -0.15) is 0 Å². The quantitative estimate of drug-likeness (QED) is 0.673. The maximum atomic E-state index is 12.1. The largest absolute Gasteiger partial charge is 0.506 e. The standard InChI is InChI=1S/C12H10INO3/c1-2-14-8-6-4-3-5-7(8)10(15)9(11(13)16)12(14)17/h3-6,15H,2H2,1H3. The summed E-state index contributed by atoms with van der Waals surface area (Å²) < 4.78 is 1.04. The zero-order chi connectivity index (χ0) is 12.6. The number of aryl methyl sites for hydroxylation is 1.